The van der Waals surface area contributed by atoms with Gasteiger partial charge in [-0.05, 0) is 55.0 Å². The minimum atomic E-state index is -0.539. The van der Waals surface area contributed by atoms with E-state index in [0.29, 0.717) is 12.5 Å². The Hall–Kier alpha value is -2.37. The molecular formula is C22H26N2O3. The molecule has 5 nitrogen and oxygen atoms in total. The predicted octanol–water partition coefficient (Wildman–Crippen LogP) is 3.74. The Balaban J connectivity index is 1.36. The van der Waals surface area contributed by atoms with Gasteiger partial charge in [0.1, 0.15) is 6.61 Å². The first-order valence-electron chi connectivity index (χ1n) is 9.68. The molecule has 0 spiro atoms. The Kier molecular flexibility index (Phi) is 5.41. The summed E-state index contributed by atoms with van der Waals surface area (Å²) in [4.78, 5) is 13.7. The standard InChI is InChI=1S/C22H26N2O3/c25-21(18-8-9-20-19(12-18)15-27-22(26)23-20)14-24-10-4-7-17(13-24)11-16-5-2-1-3-6-16/h1-3,5-6,8-9,12,17,21,25H,4,7,10-11,13-15H2,(H,23,26). The Bertz CT molecular complexity index is 793. The van der Waals surface area contributed by atoms with Gasteiger partial charge in [-0.1, -0.05) is 36.4 Å². The highest BCUT2D eigenvalue weighted by Crippen LogP contribution is 2.27. The number of hydrogen-bond acceptors (Lipinski definition) is 4. The van der Waals surface area contributed by atoms with Crippen molar-refractivity contribution in [2.45, 2.75) is 32.0 Å². The summed E-state index contributed by atoms with van der Waals surface area (Å²) in [6.07, 6.45) is 2.56. The summed E-state index contributed by atoms with van der Waals surface area (Å²) in [5.41, 5.74) is 3.94. The van der Waals surface area contributed by atoms with E-state index in [4.69, 9.17) is 4.74 Å². The number of aliphatic hydroxyl groups is 1. The summed E-state index contributed by atoms with van der Waals surface area (Å²) in [5, 5.41) is 13.4. The fraction of sp³-hybridized carbons (Fsp3) is 0.409. The number of rotatable bonds is 5. The fourth-order valence-electron chi connectivity index (χ4n) is 4.13. The smallest absolute Gasteiger partial charge is 0.411 e. The van der Waals surface area contributed by atoms with Crippen LogP contribution in [0.25, 0.3) is 0 Å². The topological polar surface area (TPSA) is 61.8 Å². The third-order valence-electron chi connectivity index (χ3n) is 5.51. The summed E-state index contributed by atoms with van der Waals surface area (Å²) in [7, 11) is 0. The van der Waals surface area contributed by atoms with Crippen LogP contribution in [0.1, 0.15) is 35.6 Å². The summed E-state index contributed by atoms with van der Waals surface area (Å²) in [6, 6.07) is 16.3. The molecule has 2 aromatic rings. The highest BCUT2D eigenvalue weighted by Gasteiger charge is 2.23. The molecule has 2 heterocycles. The lowest BCUT2D eigenvalue weighted by Crippen LogP contribution is -2.38. The van der Waals surface area contributed by atoms with E-state index < -0.39 is 12.2 Å². The molecule has 2 aliphatic heterocycles. The number of benzene rings is 2. The molecule has 1 saturated heterocycles. The number of hydrogen-bond donors (Lipinski definition) is 2. The van der Waals surface area contributed by atoms with Crippen LogP contribution < -0.4 is 5.32 Å². The maximum atomic E-state index is 11.3. The van der Waals surface area contributed by atoms with E-state index in [1.165, 1.54) is 18.4 Å². The summed E-state index contributed by atoms with van der Waals surface area (Å²) < 4.78 is 5.02. The van der Waals surface area contributed by atoms with Gasteiger partial charge in [0.2, 0.25) is 0 Å². The number of ether oxygens (including phenoxy) is 1. The maximum absolute atomic E-state index is 11.3. The molecule has 2 aliphatic rings. The molecule has 0 aliphatic carbocycles. The van der Waals surface area contributed by atoms with Crippen molar-refractivity contribution in [2.75, 3.05) is 25.0 Å². The number of amides is 1. The van der Waals surface area contributed by atoms with Gasteiger partial charge in [0.15, 0.2) is 0 Å². The Morgan fingerprint density at radius 2 is 2.07 bits per heavy atom. The highest BCUT2D eigenvalue weighted by atomic mass is 16.5. The molecule has 2 atom stereocenters. The molecule has 142 valence electrons. The van der Waals surface area contributed by atoms with Crippen LogP contribution in [0.5, 0.6) is 0 Å². The zero-order chi connectivity index (χ0) is 18.6. The second-order valence-electron chi connectivity index (χ2n) is 7.59. The lowest BCUT2D eigenvalue weighted by atomic mass is 9.91. The number of carbonyl (C=O) groups excluding carboxylic acids is 1. The SMILES string of the molecule is O=C1Nc2ccc(C(O)CN3CCCC(Cc4ccccc4)C3)cc2CO1. The Morgan fingerprint density at radius 1 is 1.22 bits per heavy atom. The normalized spacial score (nSPS) is 21.1. The van der Waals surface area contributed by atoms with Crippen molar-refractivity contribution in [2.24, 2.45) is 5.92 Å². The van der Waals surface area contributed by atoms with Gasteiger partial charge in [0.05, 0.1) is 11.8 Å². The molecule has 2 aromatic carbocycles. The maximum Gasteiger partial charge on any atom is 0.411 e. The van der Waals surface area contributed by atoms with Crippen LogP contribution >= 0.6 is 0 Å². The molecule has 4 rings (SSSR count). The minimum Gasteiger partial charge on any atom is -0.444 e. The van der Waals surface area contributed by atoms with Gasteiger partial charge in [0.25, 0.3) is 0 Å². The van der Waals surface area contributed by atoms with Crippen LogP contribution in [0.15, 0.2) is 48.5 Å². The fourth-order valence-corrected chi connectivity index (χ4v) is 4.13. The van der Waals surface area contributed by atoms with Crippen LogP contribution in [0.4, 0.5) is 10.5 Å². The van der Waals surface area contributed by atoms with Crippen molar-refractivity contribution in [3.05, 3.63) is 65.2 Å². The number of fused-ring (bicyclic) bond motifs is 1. The van der Waals surface area contributed by atoms with Gasteiger partial charge < -0.3 is 14.7 Å². The Morgan fingerprint density at radius 3 is 2.93 bits per heavy atom. The molecule has 0 aromatic heterocycles. The second kappa shape index (κ2) is 8.11. The summed E-state index contributed by atoms with van der Waals surface area (Å²) in [6.45, 7) is 2.95. The monoisotopic (exact) mass is 366 g/mol. The highest BCUT2D eigenvalue weighted by molar-refractivity contribution is 5.87. The molecule has 2 unspecified atom stereocenters. The van der Waals surface area contributed by atoms with Crippen LogP contribution in [-0.4, -0.2) is 35.7 Å². The van der Waals surface area contributed by atoms with Crippen molar-refractivity contribution < 1.29 is 14.6 Å². The molecule has 1 amide bonds. The molecular weight excluding hydrogens is 340 g/mol. The summed E-state index contributed by atoms with van der Waals surface area (Å²) in [5.74, 6) is 0.639. The van der Waals surface area contributed by atoms with E-state index in [1.54, 1.807) is 0 Å². The third kappa shape index (κ3) is 4.49. The third-order valence-corrected chi connectivity index (χ3v) is 5.51. The Labute approximate surface area is 160 Å². The quantitative estimate of drug-likeness (QED) is 0.846. The largest absolute Gasteiger partial charge is 0.444 e. The van der Waals surface area contributed by atoms with Gasteiger partial charge in [-0.3, -0.25) is 5.32 Å². The van der Waals surface area contributed by atoms with Crippen molar-refractivity contribution in [1.29, 1.82) is 0 Å². The van der Waals surface area contributed by atoms with E-state index in [2.05, 4.69) is 40.5 Å². The van der Waals surface area contributed by atoms with Gasteiger partial charge in [-0.2, -0.15) is 0 Å². The van der Waals surface area contributed by atoms with Crippen LogP contribution in [-0.2, 0) is 17.8 Å². The average molecular weight is 366 g/mol. The number of aliphatic hydroxyl groups excluding tert-OH is 1. The molecule has 0 radical (unpaired) electrons. The van der Waals surface area contributed by atoms with Crippen LogP contribution in [0.3, 0.4) is 0 Å². The van der Waals surface area contributed by atoms with Crippen LogP contribution in [0.2, 0.25) is 0 Å². The zero-order valence-electron chi connectivity index (χ0n) is 15.4. The predicted molar refractivity (Wildman–Crippen MR) is 105 cm³/mol. The van der Waals surface area contributed by atoms with Gasteiger partial charge in [-0.25, -0.2) is 4.79 Å². The molecule has 5 heteroatoms. The molecule has 1 fully saturated rings. The first-order valence-corrected chi connectivity index (χ1v) is 9.68. The van der Waals surface area contributed by atoms with Gasteiger partial charge >= 0.3 is 6.09 Å². The number of nitrogens with one attached hydrogen (secondary N) is 1. The van der Waals surface area contributed by atoms with E-state index in [9.17, 15) is 9.90 Å². The molecule has 0 bridgehead atoms. The van der Waals surface area contributed by atoms with E-state index in [1.807, 2.05) is 18.2 Å². The van der Waals surface area contributed by atoms with Crippen LogP contribution in [0, 0.1) is 5.92 Å². The first kappa shape index (κ1) is 18.0. The van der Waals surface area contributed by atoms with Gasteiger partial charge in [0, 0.05) is 18.7 Å². The van der Waals surface area contributed by atoms with E-state index in [0.717, 1.165) is 36.3 Å². The molecule has 0 saturated carbocycles. The van der Waals surface area contributed by atoms with E-state index >= 15 is 0 Å². The first-order chi connectivity index (χ1) is 13.2. The van der Waals surface area contributed by atoms with Crippen molar-refractivity contribution in [1.82, 2.24) is 4.90 Å². The lowest BCUT2D eigenvalue weighted by molar-refractivity contribution is 0.0842. The number of piperidine rings is 1. The summed E-state index contributed by atoms with van der Waals surface area (Å²) >= 11 is 0. The number of cyclic esters (lactones) is 1. The van der Waals surface area contributed by atoms with E-state index in [-0.39, 0.29) is 6.61 Å². The number of nitrogens with zero attached hydrogens (tertiary/aromatic N) is 1. The number of β-amino-alcohol motifs (C(OH)–C–C–N with tert-alkyl or cyclic N) is 1. The number of anilines is 1. The van der Waals surface area contributed by atoms with Crippen molar-refractivity contribution in [3.8, 4) is 0 Å². The number of carbonyl (C=O) groups is 1. The molecule has 27 heavy (non-hydrogen) atoms. The van der Waals surface area contributed by atoms with Crippen molar-refractivity contribution in [3.63, 3.8) is 0 Å². The molecule has 2 N–H and O–H groups in total. The van der Waals surface area contributed by atoms with Crippen molar-refractivity contribution >= 4 is 11.8 Å². The average Bonchev–Trinajstić information content (AvgIpc) is 2.68. The number of likely N-dealkylation sites (tertiary alicyclic amines) is 1. The minimum absolute atomic E-state index is 0.255. The second-order valence-corrected chi connectivity index (χ2v) is 7.59. The lowest BCUT2D eigenvalue weighted by Gasteiger charge is -2.34. The zero-order valence-corrected chi connectivity index (χ0v) is 15.4. The van der Waals surface area contributed by atoms with Gasteiger partial charge in [-0.15, -0.1) is 0 Å².